The van der Waals surface area contributed by atoms with E-state index in [2.05, 4.69) is 0 Å². The van der Waals surface area contributed by atoms with Crippen molar-refractivity contribution in [3.8, 4) is 17.2 Å². The van der Waals surface area contributed by atoms with Crippen LogP contribution in [0.3, 0.4) is 0 Å². The summed E-state index contributed by atoms with van der Waals surface area (Å²) in [4.78, 5) is 24.2. The van der Waals surface area contributed by atoms with Gasteiger partial charge in [0.1, 0.15) is 0 Å². The number of phenols is 2. The Morgan fingerprint density at radius 1 is 1.12 bits per heavy atom. The van der Waals surface area contributed by atoms with Crippen LogP contribution in [0, 0.1) is 0 Å². The number of aromatic amines is 1. The summed E-state index contributed by atoms with van der Waals surface area (Å²) >= 11 is 0. The number of nitrogens with one attached hydrogen (secondary N) is 1. The molecule has 2 rings (SSSR count). The molecule has 0 saturated carbocycles. The van der Waals surface area contributed by atoms with Crippen molar-refractivity contribution in [3.05, 3.63) is 28.2 Å². The monoisotopic (exact) mass is 237 g/mol. The second kappa shape index (κ2) is 3.41. The fraction of sp³-hybridized carbons (Fsp3) is 0. The molecule has 1 aromatic carbocycles. The highest BCUT2D eigenvalue weighted by Crippen LogP contribution is 2.38. The molecule has 0 amide bonds. The number of hydrogen-bond acceptors (Lipinski definition) is 5. The third kappa shape index (κ3) is 1.44. The Morgan fingerprint density at radius 3 is 2.35 bits per heavy atom. The molecule has 88 valence electrons. The molecule has 1 aromatic heterocycles. The molecule has 1 heterocycles. The Bertz CT molecular complexity index is 687. The second-order valence-electron chi connectivity index (χ2n) is 3.34. The molecule has 0 unspecified atom stereocenters. The number of carboxylic acids is 1. The van der Waals surface area contributed by atoms with E-state index in [0.29, 0.717) is 0 Å². The normalized spacial score (nSPS) is 10.6. The molecule has 7 nitrogen and oxygen atoms in total. The van der Waals surface area contributed by atoms with E-state index < -0.39 is 39.9 Å². The number of aromatic hydroxyl groups is 3. The van der Waals surface area contributed by atoms with Gasteiger partial charge < -0.3 is 25.4 Å². The van der Waals surface area contributed by atoms with Crippen LogP contribution in [0.1, 0.15) is 10.5 Å². The zero-order chi connectivity index (χ0) is 12.7. The fourth-order valence-electron chi connectivity index (χ4n) is 1.53. The van der Waals surface area contributed by atoms with Gasteiger partial charge in [-0.05, 0) is 12.1 Å². The Balaban J connectivity index is 3.06. The third-order valence-corrected chi connectivity index (χ3v) is 2.33. The van der Waals surface area contributed by atoms with Crippen molar-refractivity contribution in [1.82, 2.24) is 4.98 Å². The molecule has 0 spiro atoms. The maximum Gasteiger partial charge on any atom is 0.356 e. The number of phenolic OH excluding ortho intramolecular Hbond substituents is 2. The molecule has 0 aliphatic carbocycles. The lowest BCUT2D eigenvalue weighted by atomic mass is 10.1. The minimum absolute atomic E-state index is 0.122. The largest absolute Gasteiger partial charge is 0.505 e. The molecule has 0 atom stereocenters. The van der Waals surface area contributed by atoms with Gasteiger partial charge in [-0.25, -0.2) is 4.79 Å². The summed E-state index contributed by atoms with van der Waals surface area (Å²) in [5.74, 6) is -3.66. The van der Waals surface area contributed by atoms with E-state index >= 15 is 0 Å². The van der Waals surface area contributed by atoms with Gasteiger partial charge in [0, 0.05) is 0 Å². The lowest BCUT2D eigenvalue weighted by Gasteiger charge is -2.07. The molecule has 0 saturated heterocycles. The second-order valence-corrected chi connectivity index (χ2v) is 3.34. The minimum Gasteiger partial charge on any atom is -0.505 e. The van der Waals surface area contributed by atoms with Gasteiger partial charge in [0.2, 0.25) is 0 Å². The Hall–Kier alpha value is -2.70. The van der Waals surface area contributed by atoms with Crippen molar-refractivity contribution in [2.45, 2.75) is 0 Å². The summed E-state index contributed by atoms with van der Waals surface area (Å²) < 4.78 is 0. The Kier molecular flexibility index (Phi) is 2.17. The van der Waals surface area contributed by atoms with Gasteiger partial charge in [0.15, 0.2) is 22.9 Å². The van der Waals surface area contributed by atoms with Crippen LogP contribution in [0.2, 0.25) is 0 Å². The number of H-pyrrole nitrogens is 1. The van der Waals surface area contributed by atoms with E-state index in [1.807, 2.05) is 4.98 Å². The Morgan fingerprint density at radius 2 is 1.76 bits per heavy atom. The van der Waals surface area contributed by atoms with Crippen LogP contribution < -0.4 is 5.56 Å². The van der Waals surface area contributed by atoms with Crippen molar-refractivity contribution < 1.29 is 25.2 Å². The molecule has 0 bridgehead atoms. The SMILES string of the molecule is O=C(O)c1[nH]c(=O)c2ccc(O)c(O)c2c1O. The van der Waals surface area contributed by atoms with Gasteiger partial charge in [0.25, 0.3) is 5.56 Å². The molecule has 0 aliphatic heterocycles. The first kappa shape index (κ1) is 10.8. The highest BCUT2D eigenvalue weighted by Gasteiger charge is 2.19. The number of pyridine rings is 1. The van der Waals surface area contributed by atoms with Crippen LogP contribution in [0.5, 0.6) is 17.2 Å². The van der Waals surface area contributed by atoms with Crippen LogP contribution >= 0.6 is 0 Å². The average molecular weight is 237 g/mol. The molecule has 7 heteroatoms. The summed E-state index contributed by atoms with van der Waals surface area (Å²) in [7, 11) is 0. The molecular weight excluding hydrogens is 230 g/mol. The quantitative estimate of drug-likeness (QED) is 0.454. The predicted molar refractivity (Wildman–Crippen MR) is 56.5 cm³/mol. The van der Waals surface area contributed by atoms with Crippen molar-refractivity contribution in [3.63, 3.8) is 0 Å². The lowest BCUT2D eigenvalue weighted by molar-refractivity contribution is 0.0687. The van der Waals surface area contributed by atoms with Gasteiger partial charge in [-0.2, -0.15) is 0 Å². The van der Waals surface area contributed by atoms with E-state index in [1.165, 1.54) is 0 Å². The summed E-state index contributed by atoms with van der Waals surface area (Å²) in [5.41, 5.74) is -1.53. The van der Waals surface area contributed by atoms with Gasteiger partial charge >= 0.3 is 5.97 Å². The highest BCUT2D eigenvalue weighted by atomic mass is 16.4. The van der Waals surface area contributed by atoms with Gasteiger partial charge in [-0.3, -0.25) is 4.79 Å². The molecular formula is C10H7NO6. The number of carbonyl (C=O) groups is 1. The summed E-state index contributed by atoms with van der Waals surface area (Å²) in [6, 6.07) is 2.22. The molecule has 17 heavy (non-hydrogen) atoms. The fourth-order valence-corrected chi connectivity index (χ4v) is 1.53. The number of rotatable bonds is 1. The van der Waals surface area contributed by atoms with Gasteiger partial charge in [-0.15, -0.1) is 0 Å². The Labute approximate surface area is 93.2 Å². The summed E-state index contributed by atoms with van der Waals surface area (Å²) in [5, 5.41) is 36.6. The number of carboxylic acid groups (broad SMARTS) is 1. The standard InChI is InChI=1S/C10H7NO6/c12-4-2-1-3-5(7(4)13)8(14)6(10(16)17)11-9(3)15/h1-2,12-14H,(H,11,15)(H,16,17). The first-order valence-corrected chi connectivity index (χ1v) is 4.46. The maximum absolute atomic E-state index is 11.5. The number of aromatic nitrogens is 1. The van der Waals surface area contributed by atoms with E-state index in [0.717, 1.165) is 12.1 Å². The highest BCUT2D eigenvalue weighted by molar-refractivity contribution is 6.01. The van der Waals surface area contributed by atoms with Crippen molar-refractivity contribution in [1.29, 1.82) is 0 Å². The number of aromatic carboxylic acids is 1. The summed E-state index contributed by atoms with van der Waals surface area (Å²) in [6.45, 7) is 0. The number of benzene rings is 1. The molecule has 5 N–H and O–H groups in total. The molecule has 0 fully saturated rings. The van der Waals surface area contributed by atoms with Gasteiger partial charge in [-0.1, -0.05) is 0 Å². The van der Waals surface area contributed by atoms with Crippen LogP contribution in [-0.4, -0.2) is 31.4 Å². The van der Waals surface area contributed by atoms with E-state index in [4.69, 9.17) is 5.11 Å². The number of hydrogen-bond donors (Lipinski definition) is 5. The minimum atomic E-state index is -1.55. The maximum atomic E-state index is 11.5. The van der Waals surface area contributed by atoms with Crippen LogP contribution in [0.4, 0.5) is 0 Å². The predicted octanol–water partition coefficient (Wildman–Crippen LogP) is 0.343. The number of fused-ring (bicyclic) bond motifs is 1. The van der Waals surface area contributed by atoms with Crippen molar-refractivity contribution in [2.24, 2.45) is 0 Å². The van der Waals surface area contributed by atoms with Crippen LogP contribution in [0.15, 0.2) is 16.9 Å². The summed E-state index contributed by atoms with van der Waals surface area (Å²) in [6.07, 6.45) is 0. The molecule has 2 aromatic rings. The zero-order valence-corrected chi connectivity index (χ0v) is 8.26. The van der Waals surface area contributed by atoms with Crippen molar-refractivity contribution in [2.75, 3.05) is 0 Å². The van der Waals surface area contributed by atoms with E-state index in [1.54, 1.807) is 0 Å². The van der Waals surface area contributed by atoms with Crippen molar-refractivity contribution >= 4 is 16.7 Å². The van der Waals surface area contributed by atoms with Gasteiger partial charge in [0.05, 0.1) is 10.8 Å². The first-order chi connectivity index (χ1) is 7.93. The van der Waals surface area contributed by atoms with E-state index in [-0.39, 0.29) is 5.39 Å². The molecule has 0 radical (unpaired) electrons. The van der Waals surface area contributed by atoms with Crippen LogP contribution in [-0.2, 0) is 0 Å². The van der Waals surface area contributed by atoms with E-state index in [9.17, 15) is 24.9 Å². The molecule has 0 aliphatic rings. The lowest BCUT2D eigenvalue weighted by Crippen LogP contribution is -2.13. The zero-order valence-electron chi connectivity index (χ0n) is 8.26. The third-order valence-electron chi connectivity index (χ3n) is 2.33. The van der Waals surface area contributed by atoms with Crippen LogP contribution in [0.25, 0.3) is 10.8 Å². The average Bonchev–Trinajstić information content (AvgIpc) is 2.26. The first-order valence-electron chi connectivity index (χ1n) is 4.46. The topological polar surface area (TPSA) is 131 Å². The smallest absolute Gasteiger partial charge is 0.356 e.